The Balaban J connectivity index is 1.93. The van der Waals surface area contributed by atoms with Gasteiger partial charge in [-0.25, -0.2) is 4.39 Å². The molecule has 2 aromatic carbocycles. The number of halogens is 1. The molecule has 0 aliphatic carbocycles. The zero-order valence-electron chi connectivity index (χ0n) is 11.7. The number of nitrogens with zero attached hydrogens (tertiary/aromatic N) is 1. The van der Waals surface area contributed by atoms with Gasteiger partial charge in [-0.15, -0.1) is 0 Å². The van der Waals surface area contributed by atoms with Crippen molar-refractivity contribution >= 4 is 10.9 Å². The van der Waals surface area contributed by atoms with E-state index in [0.717, 1.165) is 23.0 Å². The number of hydrogen-bond donors (Lipinski definition) is 1. The maximum atomic E-state index is 13.5. The Hall–Kier alpha value is -2.49. The van der Waals surface area contributed by atoms with Crippen molar-refractivity contribution in [1.82, 2.24) is 4.57 Å². The van der Waals surface area contributed by atoms with Crippen LogP contribution in [0.25, 0.3) is 10.9 Å². The van der Waals surface area contributed by atoms with E-state index in [9.17, 15) is 9.50 Å². The van der Waals surface area contributed by atoms with E-state index < -0.39 is 0 Å². The summed E-state index contributed by atoms with van der Waals surface area (Å²) < 4.78 is 21.2. The van der Waals surface area contributed by atoms with Crippen molar-refractivity contribution in [2.45, 2.75) is 20.1 Å². The fourth-order valence-corrected chi connectivity index (χ4v) is 2.45. The summed E-state index contributed by atoms with van der Waals surface area (Å²) in [6.45, 7) is 3.12. The lowest BCUT2D eigenvalue weighted by atomic mass is 10.2. The Morgan fingerprint density at radius 3 is 2.76 bits per heavy atom. The van der Waals surface area contributed by atoms with Crippen LogP contribution >= 0.6 is 0 Å². The molecule has 3 nitrogen and oxygen atoms in total. The van der Waals surface area contributed by atoms with Gasteiger partial charge >= 0.3 is 0 Å². The van der Waals surface area contributed by atoms with Crippen molar-refractivity contribution in [1.29, 1.82) is 0 Å². The summed E-state index contributed by atoms with van der Waals surface area (Å²) >= 11 is 0. The highest BCUT2D eigenvalue weighted by Crippen LogP contribution is 2.28. The Bertz CT molecular complexity index is 780. The minimum atomic E-state index is -0.264. The minimum absolute atomic E-state index is 0.0999. The standard InChI is InChI=1S/C17H16FNO2/c1-2-19-10-12(14-9-13(18)7-8-15(14)19)11-21-17-6-4-3-5-16(17)20/h3-10,20H,2,11H2,1H3. The molecular formula is C17H16FNO2. The number of ether oxygens (including phenoxy) is 1. The van der Waals surface area contributed by atoms with E-state index in [4.69, 9.17) is 4.74 Å². The van der Waals surface area contributed by atoms with Crippen LogP contribution in [0.15, 0.2) is 48.7 Å². The van der Waals surface area contributed by atoms with Gasteiger partial charge in [-0.05, 0) is 37.3 Å². The molecule has 0 bridgehead atoms. The van der Waals surface area contributed by atoms with Gasteiger partial charge in [0.05, 0.1) is 0 Å². The number of hydrogen-bond acceptors (Lipinski definition) is 2. The van der Waals surface area contributed by atoms with Crippen LogP contribution in [0.3, 0.4) is 0 Å². The second kappa shape index (κ2) is 5.48. The Kier molecular flexibility index (Phi) is 3.52. The lowest BCUT2D eigenvalue weighted by Crippen LogP contribution is -1.95. The molecule has 0 saturated heterocycles. The second-order valence-corrected chi connectivity index (χ2v) is 4.86. The maximum Gasteiger partial charge on any atom is 0.161 e. The number of rotatable bonds is 4. The first kappa shape index (κ1) is 13.5. The molecule has 4 heteroatoms. The molecule has 0 aliphatic rings. The maximum absolute atomic E-state index is 13.5. The molecule has 1 heterocycles. The molecule has 0 spiro atoms. The summed E-state index contributed by atoms with van der Waals surface area (Å²) in [5, 5.41) is 10.5. The molecule has 0 unspecified atom stereocenters. The van der Waals surface area contributed by atoms with Crippen LogP contribution in [-0.2, 0) is 13.2 Å². The SMILES string of the molecule is CCn1cc(COc2ccccc2O)c2cc(F)ccc21. The zero-order chi connectivity index (χ0) is 14.8. The summed E-state index contributed by atoms with van der Waals surface area (Å²) in [6.07, 6.45) is 1.96. The first-order valence-corrected chi connectivity index (χ1v) is 6.87. The third kappa shape index (κ3) is 2.57. The second-order valence-electron chi connectivity index (χ2n) is 4.86. The van der Waals surface area contributed by atoms with E-state index in [-0.39, 0.29) is 18.2 Å². The van der Waals surface area contributed by atoms with Gasteiger partial charge in [0.1, 0.15) is 12.4 Å². The molecule has 0 saturated carbocycles. The van der Waals surface area contributed by atoms with Crippen LogP contribution < -0.4 is 4.74 Å². The number of aromatic nitrogens is 1. The molecular weight excluding hydrogens is 269 g/mol. The van der Waals surface area contributed by atoms with Gasteiger partial charge in [0.2, 0.25) is 0 Å². The first-order valence-electron chi connectivity index (χ1n) is 6.87. The minimum Gasteiger partial charge on any atom is -0.504 e. The summed E-state index contributed by atoms with van der Waals surface area (Å²) in [6, 6.07) is 11.6. The molecule has 1 aromatic heterocycles. The number of para-hydroxylation sites is 2. The molecule has 1 N–H and O–H groups in total. The summed E-state index contributed by atoms with van der Waals surface area (Å²) in [7, 11) is 0. The summed E-state index contributed by atoms with van der Waals surface area (Å²) in [5.74, 6) is 0.259. The van der Waals surface area contributed by atoms with Crippen molar-refractivity contribution in [2.75, 3.05) is 0 Å². The van der Waals surface area contributed by atoms with Crippen LogP contribution in [0.1, 0.15) is 12.5 Å². The molecule has 21 heavy (non-hydrogen) atoms. The van der Waals surface area contributed by atoms with Crippen molar-refractivity contribution in [2.24, 2.45) is 0 Å². The lowest BCUT2D eigenvalue weighted by Gasteiger charge is -2.06. The van der Waals surface area contributed by atoms with Crippen LogP contribution in [0, 0.1) is 5.82 Å². The topological polar surface area (TPSA) is 34.4 Å². The van der Waals surface area contributed by atoms with Crippen molar-refractivity contribution in [3.63, 3.8) is 0 Å². The fourth-order valence-electron chi connectivity index (χ4n) is 2.45. The van der Waals surface area contributed by atoms with Gasteiger partial charge in [0.15, 0.2) is 11.5 Å². The quantitative estimate of drug-likeness (QED) is 0.783. The Morgan fingerprint density at radius 2 is 2.00 bits per heavy atom. The molecule has 0 fully saturated rings. The zero-order valence-corrected chi connectivity index (χ0v) is 11.7. The highest BCUT2D eigenvalue weighted by Gasteiger charge is 2.10. The molecule has 0 aliphatic heterocycles. The molecule has 3 rings (SSSR count). The van der Waals surface area contributed by atoms with Gasteiger partial charge in [0.25, 0.3) is 0 Å². The van der Waals surface area contributed by atoms with E-state index in [1.807, 2.05) is 13.1 Å². The number of phenolic OH excluding ortho intramolecular Hbond substituents is 1. The molecule has 3 aromatic rings. The van der Waals surface area contributed by atoms with Gasteiger partial charge < -0.3 is 14.4 Å². The van der Waals surface area contributed by atoms with Gasteiger partial charge in [-0.3, -0.25) is 0 Å². The predicted octanol–water partition coefficient (Wildman–Crippen LogP) is 4.08. The Morgan fingerprint density at radius 1 is 1.19 bits per heavy atom. The van der Waals surface area contributed by atoms with E-state index in [1.165, 1.54) is 12.1 Å². The van der Waals surface area contributed by atoms with E-state index in [2.05, 4.69) is 4.57 Å². The van der Waals surface area contributed by atoms with E-state index in [0.29, 0.717) is 5.75 Å². The number of benzene rings is 2. The largest absolute Gasteiger partial charge is 0.504 e. The molecule has 0 atom stereocenters. The van der Waals surface area contributed by atoms with Crippen molar-refractivity contribution < 1.29 is 14.2 Å². The predicted molar refractivity (Wildman–Crippen MR) is 80.0 cm³/mol. The van der Waals surface area contributed by atoms with Gasteiger partial charge in [-0.1, -0.05) is 12.1 Å². The van der Waals surface area contributed by atoms with E-state index in [1.54, 1.807) is 30.3 Å². The van der Waals surface area contributed by atoms with Crippen molar-refractivity contribution in [3.8, 4) is 11.5 Å². The number of fused-ring (bicyclic) bond motifs is 1. The summed E-state index contributed by atoms with van der Waals surface area (Å²) in [4.78, 5) is 0. The number of aryl methyl sites for hydroxylation is 1. The van der Waals surface area contributed by atoms with Crippen LogP contribution in [0.2, 0.25) is 0 Å². The normalized spacial score (nSPS) is 11.0. The third-order valence-corrected chi connectivity index (χ3v) is 3.51. The van der Waals surface area contributed by atoms with E-state index >= 15 is 0 Å². The first-order chi connectivity index (χ1) is 10.2. The van der Waals surface area contributed by atoms with Gasteiger partial charge in [0, 0.05) is 29.2 Å². The molecule has 108 valence electrons. The Labute approximate surface area is 122 Å². The fraction of sp³-hybridized carbons (Fsp3) is 0.176. The summed E-state index contributed by atoms with van der Waals surface area (Å²) in [5.41, 5.74) is 1.88. The van der Waals surface area contributed by atoms with Crippen LogP contribution in [0.4, 0.5) is 4.39 Å². The molecule has 0 radical (unpaired) electrons. The highest BCUT2D eigenvalue weighted by atomic mass is 19.1. The van der Waals surface area contributed by atoms with Crippen molar-refractivity contribution in [3.05, 3.63) is 60.0 Å². The average molecular weight is 285 g/mol. The number of phenols is 1. The lowest BCUT2D eigenvalue weighted by molar-refractivity contribution is 0.290. The average Bonchev–Trinajstić information content (AvgIpc) is 2.83. The monoisotopic (exact) mass is 285 g/mol. The smallest absolute Gasteiger partial charge is 0.161 e. The highest BCUT2D eigenvalue weighted by molar-refractivity contribution is 5.84. The van der Waals surface area contributed by atoms with Crippen LogP contribution in [0.5, 0.6) is 11.5 Å². The molecule has 0 amide bonds. The van der Waals surface area contributed by atoms with Crippen LogP contribution in [-0.4, -0.2) is 9.67 Å². The number of aromatic hydroxyl groups is 1. The van der Waals surface area contributed by atoms with Gasteiger partial charge in [-0.2, -0.15) is 0 Å². The third-order valence-electron chi connectivity index (χ3n) is 3.51.